The molecule has 4 aromatic rings. The quantitative estimate of drug-likeness (QED) is 0.442. The number of carbonyl (C=O) groups excluding carboxylic acids is 2. The number of esters is 2. The smallest absolute Gasteiger partial charge is 0.348 e. The van der Waals surface area contributed by atoms with Gasteiger partial charge >= 0.3 is 11.9 Å². The van der Waals surface area contributed by atoms with E-state index in [2.05, 4.69) is 0 Å². The fourth-order valence-corrected chi connectivity index (χ4v) is 4.39. The first-order valence-electron chi connectivity index (χ1n) is 9.55. The molecule has 0 amide bonds. The number of nitriles is 1. The molecule has 2 N–H and O–H groups in total. The van der Waals surface area contributed by atoms with Crippen molar-refractivity contribution >= 4 is 50.0 Å². The van der Waals surface area contributed by atoms with Gasteiger partial charge in [-0.25, -0.2) is 4.79 Å². The van der Waals surface area contributed by atoms with Crippen molar-refractivity contribution in [2.45, 2.75) is 20.0 Å². The van der Waals surface area contributed by atoms with Gasteiger partial charge in [-0.1, -0.05) is 30.3 Å². The van der Waals surface area contributed by atoms with E-state index >= 15 is 0 Å². The largest absolute Gasteiger partial charge is 0.464 e. The van der Waals surface area contributed by atoms with Gasteiger partial charge in [0.25, 0.3) is 0 Å². The van der Waals surface area contributed by atoms with Gasteiger partial charge in [-0.3, -0.25) is 4.79 Å². The average Bonchev–Trinajstić information content (AvgIpc) is 3.32. The van der Waals surface area contributed by atoms with Crippen LogP contribution in [0.4, 0.5) is 5.00 Å². The zero-order valence-corrected chi connectivity index (χ0v) is 17.5. The van der Waals surface area contributed by atoms with Crippen molar-refractivity contribution < 1.29 is 23.5 Å². The summed E-state index contributed by atoms with van der Waals surface area (Å²) in [6, 6.07) is 13.6. The van der Waals surface area contributed by atoms with Gasteiger partial charge in [-0.15, -0.1) is 11.3 Å². The van der Waals surface area contributed by atoms with Crippen LogP contribution >= 0.6 is 11.3 Å². The van der Waals surface area contributed by atoms with E-state index < -0.39 is 11.9 Å². The standard InChI is InChI=1S/C23H18N2O5S/c1-2-28-23(27)21-17(16(10-24)22(25)31-21)12-30-19(26)9-14-11-29-18-8-7-13-5-3-4-6-15(13)20(14)18/h3-8,11H,2,9,12,25H2,1H3. The maximum absolute atomic E-state index is 12.6. The number of nitrogens with two attached hydrogens (primary N) is 1. The first-order valence-corrected chi connectivity index (χ1v) is 10.4. The van der Waals surface area contributed by atoms with Crippen LogP contribution in [0.25, 0.3) is 21.7 Å². The van der Waals surface area contributed by atoms with E-state index in [0.29, 0.717) is 11.1 Å². The third-order valence-corrected chi connectivity index (χ3v) is 5.90. The maximum Gasteiger partial charge on any atom is 0.348 e. The van der Waals surface area contributed by atoms with E-state index in [0.717, 1.165) is 27.5 Å². The van der Waals surface area contributed by atoms with Gasteiger partial charge in [0, 0.05) is 16.5 Å². The molecule has 31 heavy (non-hydrogen) atoms. The average molecular weight is 434 g/mol. The highest BCUT2D eigenvalue weighted by molar-refractivity contribution is 7.18. The Bertz CT molecular complexity index is 1350. The van der Waals surface area contributed by atoms with Crippen molar-refractivity contribution in [1.82, 2.24) is 0 Å². The fourth-order valence-electron chi connectivity index (χ4n) is 3.47. The van der Waals surface area contributed by atoms with Crippen molar-refractivity contribution in [3.63, 3.8) is 0 Å². The number of anilines is 1. The number of ether oxygens (including phenoxy) is 2. The van der Waals surface area contributed by atoms with Crippen LogP contribution in [0.2, 0.25) is 0 Å². The number of fused-ring (bicyclic) bond motifs is 3. The maximum atomic E-state index is 12.6. The Labute approximate surface area is 181 Å². The minimum atomic E-state index is -0.598. The number of thiophene rings is 1. The number of nitrogen functional groups attached to an aromatic ring is 1. The number of hydrogen-bond acceptors (Lipinski definition) is 8. The van der Waals surface area contributed by atoms with Crippen molar-refractivity contribution in [3.8, 4) is 6.07 Å². The van der Waals surface area contributed by atoms with E-state index in [1.165, 1.54) is 0 Å². The van der Waals surface area contributed by atoms with Crippen LogP contribution in [0, 0.1) is 11.3 Å². The third kappa shape index (κ3) is 3.83. The summed E-state index contributed by atoms with van der Waals surface area (Å²) < 4.78 is 16.0. The van der Waals surface area contributed by atoms with Gasteiger partial charge in [-0.05, 0) is 23.8 Å². The number of rotatable bonds is 6. The van der Waals surface area contributed by atoms with E-state index in [9.17, 15) is 14.9 Å². The third-order valence-electron chi connectivity index (χ3n) is 4.86. The molecule has 0 aliphatic carbocycles. The minimum absolute atomic E-state index is 0.0166. The lowest BCUT2D eigenvalue weighted by molar-refractivity contribution is -0.144. The second-order valence-corrected chi connectivity index (χ2v) is 7.79. The van der Waals surface area contributed by atoms with E-state index in [-0.39, 0.29) is 40.6 Å². The summed E-state index contributed by atoms with van der Waals surface area (Å²) in [6.45, 7) is 1.61. The summed E-state index contributed by atoms with van der Waals surface area (Å²) in [6.07, 6.45) is 1.53. The van der Waals surface area contributed by atoms with Crippen LogP contribution in [-0.2, 0) is 27.3 Å². The van der Waals surface area contributed by atoms with Crippen LogP contribution in [0.1, 0.15) is 33.3 Å². The molecular weight excluding hydrogens is 416 g/mol. The van der Waals surface area contributed by atoms with Gasteiger partial charge < -0.3 is 19.6 Å². The van der Waals surface area contributed by atoms with E-state index in [4.69, 9.17) is 19.6 Å². The molecule has 2 heterocycles. The van der Waals surface area contributed by atoms with Gasteiger partial charge in [0.05, 0.1) is 24.9 Å². The van der Waals surface area contributed by atoms with Crippen molar-refractivity contribution in [1.29, 1.82) is 5.26 Å². The Morgan fingerprint density at radius 2 is 2.00 bits per heavy atom. The molecule has 0 unspecified atom stereocenters. The number of nitrogens with zero attached hydrogens (tertiary/aromatic N) is 1. The predicted molar refractivity (Wildman–Crippen MR) is 117 cm³/mol. The molecule has 2 aromatic carbocycles. The zero-order chi connectivity index (χ0) is 22.0. The lowest BCUT2D eigenvalue weighted by Gasteiger charge is -2.07. The Balaban J connectivity index is 1.57. The number of furan rings is 1. The van der Waals surface area contributed by atoms with Gasteiger partial charge in [0.1, 0.15) is 28.1 Å². The second kappa shape index (κ2) is 8.50. The van der Waals surface area contributed by atoms with Crippen molar-refractivity contribution in [3.05, 3.63) is 64.2 Å². The second-order valence-electron chi connectivity index (χ2n) is 6.74. The highest BCUT2D eigenvalue weighted by atomic mass is 32.1. The highest BCUT2D eigenvalue weighted by Crippen LogP contribution is 2.33. The molecule has 0 saturated carbocycles. The lowest BCUT2D eigenvalue weighted by Crippen LogP contribution is -2.11. The number of carbonyl (C=O) groups is 2. The molecule has 4 rings (SSSR count). The molecule has 0 fully saturated rings. The van der Waals surface area contributed by atoms with E-state index in [1.54, 1.807) is 13.2 Å². The van der Waals surface area contributed by atoms with Crippen LogP contribution in [0.15, 0.2) is 47.1 Å². The molecule has 8 heteroatoms. The molecule has 7 nitrogen and oxygen atoms in total. The Morgan fingerprint density at radius 1 is 1.19 bits per heavy atom. The SMILES string of the molecule is CCOC(=O)c1sc(N)c(C#N)c1COC(=O)Cc1coc2ccc3ccccc3c12. The van der Waals surface area contributed by atoms with Gasteiger partial charge in [0.15, 0.2) is 0 Å². The fraction of sp³-hybridized carbons (Fsp3) is 0.174. The summed E-state index contributed by atoms with van der Waals surface area (Å²) in [5.74, 6) is -1.11. The molecule has 2 aromatic heterocycles. The molecule has 0 aliphatic heterocycles. The minimum Gasteiger partial charge on any atom is -0.464 e. The number of benzene rings is 2. The Morgan fingerprint density at radius 3 is 2.77 bits per heavy atom. The summed E-state index contributed by atoms with van der Waals surface area (Å²) in [7, 11) is 0. The predicted octanol–water partition coefficient (Wildman–Crippen LogP) is 4.56. The lowest BCUT2D eigenvalue weighted by atomic mass is 10.0. The summed E-state index contributed by atoms with van der Waals surface area (Å²) in [5.41, 5.74) is 7.63. The molecule has 0 aliphatic rings. The first kappa shape index (κ1) is 20.4. The molecule has 0 radical (unpaired) electrons. The van der Waals surface area contributed by atoms with Crippen LogP contribution in [0.5, 0.6) is 0 Å². The molecular formula is C23H18N2O5S. The van der Waals surface area contributed by atoms with Crippen molar-refractivity contribution in [2.24, 2.45) is 0 Å². The Hall–Kier alpha value is -3.83. The summed E-state index contributed by atoms with van der Waals surface area (Å²) in [5, 5.41) is 12.5. The van der Waals surface area contributed by atoms with Crippen molar-refractivity contribution in [2.75, 3.05) is 12.3 Å². The van der Waals surface area contributed by atoms with Gasteiger partial charge in [0.2, 0.25) is 0 Å². The van der Waals surface area contributed by atoms with Crippen LogP contribution < -0.4 is 5.73 Å². The zero-order valence-electron chi connectivity index (χ0n) is 16.6. The molecule has 0 saturated heterocycles. The van der Waals surface area contributed by atoms with E-state index in [1.807, 2.05) is 42.5 Å². The Kier molecular flexibility index (Phi) is 5.60. The van der Waals surface area contributed by atoms with Gasteiger partial charge in [-0.2, -0.15) is 5.26 Å². The molecule has 0 bridgehead atoms. The van der Waals surface area contributed by atoms with Crippen LogP contribution in [0.3, 0.4) is 0 Å². The summed E-state index contributed by atoms with van der Waals surface area (Å²) >= 11 is 0.948. The highest BCUT2D eigenvalue weighted by Gasteiger charge is 2.24. The molecule has 0 spiro atoms. The normalized spacial score (nSPS) is 10.8. The first-order chi connectivity index (χ1) is 15.0. The topological polar surface area (TPSA) is 116 Å². The molecule has 156 valence electrons. The number of hydrogen-bond donors (Lipinski definition) is 1. The van der Waals surface area contributed by atoms with Crippen LogP contribution in [-0.4, -0.2) is 18.5 Å². The molecule has 0 atom stereocenters. The monoisotopic (exact) mass is 434 g/mol. The summed E-state index contributed by atoms with van der Waals surface area (Å²) in [4.78, 5) is 24.9.